The van der Waals surface area contributed by atoms with Crippen molar-refractivity contribution in [3.8, 4) is 55.1 Å². The quantitative estimate of drug-likeness (QED) is 0.161. The summed E-state index contributed by atoms with van der Waals surface area (Å²) in [6, 6.07) is 58.8. The molecule has 6 nitrogen and oxygen atoms in total. The first-order valence-electron chi connectivity index (χ1n) is 21.0. The van der Waals surface area contributed by atoms with Crippen LogP contribution in [0.2, 0.25) is 0 Å². The fourth-order valence-electron chi connectivity index (χ4n) is 9.82. The van der Waals surface area contributed by atoms with Crippen molar-refractivity contribution in [2.45, 2.75) is 0 Å². The van der Waals surface area contributed by atoms with Crippen molar-refractivity contribution in [3.63, 3.8) is 0 Å². The first-order valence-corrected chi connectivity index (χ1v) is 22.7. The van der Waals surface area contributed by atoms with Gasteiger partial charge in [-0.2, -0.15) is 0 Å². The zero-order valence-electron chi connectivity index (χ0n) is 33.7. The van der Waals surface area contributed by atoms with Gasteiger partial charge in [-0.05, 0) is 108 Å². The second kappa shape index (κ2) is 13.7. The molecular formula is C56H30N4O2S2. The molecule has 64 heavy (non-hydrogen) atoms. The minimum atomic E-state index is 0.745. The molecule has 4 aromatic heterocycles. The third-order valence-electron chi connectivity index (χ3n) is 12.7. The van der Waals surface area contributed by atoms with Crippen LogP contribution in [0.25, 0.3) is 141 Å². The molecule has 0 saturated heterocycles. The summed E-state index contributed by atoms with van der Waals surface area (Å²) in [6.45, 7) is 0. The third kappa shape index (κ3) is 5.36. The van der Waals surface area contributed by atoms with Gasteiger partial charge < -0.3 is 8.83 Å². The second-order valence-corrected chi connectivity index (χ2v) is 18.1. The largest absolute Gasteiger partial charge is 0.443 e. The third-order valence-corrected chi connectivity index (χ3v) is 14.8. The Bertz CT molecular complexity index is 4230. The highest BCUT2D eigenvalue weighted by atomic mass is 32.1. The van der Waals surface area contributed by atoms with E-state index in [0.29, 0.717) is 0 Å². The Morgan fingerprint density at radius 2 is 1.00 bits per heavy atom. The lowest BCUT2D eigenvalue weighted by molar-refractivity contribution is 0.603. The monoisotopic (exact) mass is 854 g/mol. The summed E-state index contributed by atoms with van der Waals surface area (Å²) in [6.07, 6.45) is 3.05. The van der Waals surface area contributed by atoms with E-state index in [1.165, 1.54) is 50.2 Å². The summed E-state index contributed by atoms with van der Waals surface area (Å²) in [5.74, 6) is 0. The van der Waals surface area contributed by atoms with E-state index < -0.39 is 0 Å². The molecule has 0 aliphatic carbocycles. The van der Waals surface area contributed by atoms with Crippen LogP contribution in [0.3, 0.4) is 0 Å². The summed E-state index contributed by atoms with van der Waals surface area (Å²) < 4.78 is 14.4. The summed E-state index contributed by atoms with van der Waals surface area (Å²) in [5, 5.41) is 10.4. The fraction of sp³-hybridized carbons (Fsp3) is 0. The SMILES string of the molecule is c1cc(-c2cccc3ncoc23)c2c(c1)ccc1c(-c3cc(-c4nc5cccc(-c6ccc7c(ccc8cc(-c9cccc%10ncsc9%10)ccc87)c6)c5s4)cc4ncoc34)cccc12. The molecule has 8 heteroatoms. The number of rotatable bonds is 5. The molecule has 4 heterocycles. The van der Waals surface area contributed by atoms with Crippen LogP contribution in [-0.4, -0.2) is 19.9 Å². The number of nitrogens with zero attached hydrogens (tertiary/aromatic N) is 4. The Labute approximate surface area is 372 Å². The van der Waals surface area contributed by atoms with Gasteiger partial charge in [0.15, 0.2) is 24.0 Å². The van der Waals surface area contributed by atoms with Crippen LogP contribution < -0.4 is 0 Å². The molecule has 0 N–H and O–H groups in total. The molecule has 0 atom stereocenters. The highest BCUT2D eigenvalue weighted by molar-refractivity contribution is 7.22. The minimum Gasteiger partial charge on any atom is -0.443 e. The van der Waals surface area contributed by atoms with Crippen LogP contribution in [-0.2, 0) is 0 Å². The van der Waals surface area contributed by atoms with Crippen molar-refractivity contribution in [1.82, 2.24) is 19.9 Å². The highest BCUT2D eigenvalue weighted by Gasteiger charge is 2.20. The molecule has 14 aromatic rings. The molecule has 14 rings (SSSR count). The van der Waals surface area contributed by atoms with Gasteiger partial charge in [-0.25, -0.2) is 19.9 Å². The van der Waals surface area contributed by atoms with Gasteiger partial charge in [-0.1, -0.05) is 121 Å². The summed E-state index contributed by atoms with van der Waals surface area (Å²) >= 11 is 3.41. The molecule has 0 aliphatic heterocycles. The average Bonchev–Trinajstić information content (AvgIpc) is 4.20. The Balaban J connectivity index is 0.872. The number of thiazole rings is 2. The molecule has 0 fully saturated rings. The van der Waals surface area contributed by atoms with Gasteiger partial charge in [0.25, 0.3) is 0 Å². The Morgan fingerprint density at radius 3 is 1.81 bits per heavy atom. The number of aromatic nitrogens is 4. The van der Waals surface area contributed by atoms with E-state index in [-0.39, 0.29) is 0 Å². The lowest BCUT2D eigenvalue weighted by atomic mass is 9.90. The van der Waals surface area contributed by atoms with Gasteiger partial charge in [0.1, 0.15) is 16.0 Å². The predicted octanol–water partition coefficient (Wildman–Crippen LogP) is 16.1. The van der Waals surface area contributed by atoms with Crippen LogP contribution in [0.1, 0.15) is 0 Å². The summed E-state index contributed by atoms with van der Waals surface area (Å²) in [5.41, 5.74) is 17.0. The molecule has 0 spiro atoms. The van der Waals surface area contributed by atoms with Crippen LogP contribution in [0.15, 0.2) is 191 Å². The van der Waals surface area contributed by atoms with E-state index in [1.54, 1.807) is 22.7 Å². The van der Waals surface area contributed by atoms with Gasteiger partial charge in [-0.15, -0.1) is 22.7 Å². The van der Waals surface area contributed by atoms with E-state index in [0.717, 1.165) is 103 Å². The van der Waals surface area contributed by atoms with Crippen LogP contribution in [0.5, 0.6) is 0 Å². The number of fused-ring (bicyclic) bond motifs is 10. The van der Waals surface area contributed by atoms with Crippen molar-refractivity contribution in [2.75, 3.05) is 0 Å². The molecule has 0 unspecified atom stereocenters. The number of hydrogen-bond donors (Lipinski definition) is 0. The van der Waals surface area contributed by atoms with Gasteiger partial charge >= 0.3 is 0 Å². The molecule has 0 radical (unpaired) electrons. The first-order chi connectivity index (χ1) is 31.7. The lowest BCUT2D eigenvalue weighted by Gasteiger charge is -2.14. The average molecular weight is 855 g/mol. The normalized spacial score (nSPS) is 12.1. The number of hydrogen-bond acceptors (Lipinski definition) is 8. The van der Waals surface area contributed by atoms with Crippen LogP contribution in [0, 0.1) is 0 Å². The molecule has 0 amide bonds. The van der Waals surface area contributed by atoms with Crippen molar-refractivity contribution in [3.05, 3.63) is 182 Å². The number of benzene rings is 10. The fourth-order valence-corrected chi connectivity index (χ4v) is 11.7. The van der Waals surface area contributed by atoms with Crippen molar-refractivity contribution < 1.29 is 8.83 Å². The van der Waals surface area contributed by atoms with Gasteiger partial charge in [0.05, 0.1) is 25.9 Å². The van der Waals surface area contributed by atoms with Gasteiger partial charge in [0.2, 0.25) is 0 Å². The van der Waals surface area contributed by atoms with Gasteiger partial charge in [0, 0.05) is 27.8 Å². The highest BCUT2D eigenvalue weighted by Crippen LogP contribution is 2.45. The van der Waals surface area contributed by atoms with E-state index >= 15 is 0 Å². The zero-order chi connectivity index (χ0) is 41.9. The lowest BCUT2D eigenvalue weighted by Crippen LogP contribution is -1.88. The number of para-hydroxylation sites is 1. The first kappa shape index (κ1) is 35.5. The maximum Gasteiger partial charge on any atom is 0.182 e. The number of oxazole rings is 2. The topological polar surface area (TPSA) is 77.8 Å². The molecule has 0 aliphatic rings. The molecular weight excluding hydrogens is 825 g/mol. The smallest absolute Gasteiger partial charge is 0.182 e. The van der Waals surface area contributed by atoms with E-state index in [2.05, 4.69) is 167 Å². The molecule has 0 saturated carbocycles. The van der Waals surface area contributed by atoms with Crippen LogP contribution in [0.4, 0.5) is 0 Å². The van der Waals surface area contributed by atoms with Crippen molar-refractivity contribution in [1.29, 1.82) is 0 Å². The second-order valence-electron chi connectivity index (χ2n) is 16.2. The van der Waals surface area contributed by atoms with E-state index in [9.17, 15) is 0 Å². The molecule has 10 aromatic carbocycles. The van der Waals surface area contributed by atoms with Gasteiger partial charge in [-0.3, -0.25) is 0 Å². The van der Waals surface area contributed by atoms with Crippen LogP contribution >= 0.6 is 22.7 Å². The van der Waals surface area contributed by atoms with Crippen molar-refractivity contribution >= 4 is 108 Å². The Hall–Kier alpha value is -8.04. The van der Waals surface area contributed by atoms with E-state index in [1.807, 2.05) is 17.6 Å². The maximum atomic E-state index is 6.15. The van der Waals surface area contributed by atoms with Crippen molar-refractivity contribution in [2.24, 2.45) is 0 Å². The minimum absolute atomic E-state index is 0.745. The zero-order valence-corrected chi connectivity index (χ0v) is 35.4. The summed E-state index contributed by atoms with van der Waals surface area (Å²) in [4.78, 5) is 18.9. The predicted molar refractivity (Wildman–Crippen MR) is 265 cm³/mol. The molecule has 0 bridgehead atoms. The van der Waals surface area contributed by atoms with E-state index in [4.69, 9.17) is 13.8 Å². The standard InChI is InChI=1S/C56H30N4O2S2/c1-6-31-18-23-42-41(9-2-11-43(42)51(31)44(10-1)45-12-5-13-47-52(45)61-28-57-47)46-26-36(27-50-53(46)62-29-58-50)56-60-49-15-4-8-40(55(49)64-56)35-20-22-38-33(25-35)17-16-32-24-34(19-21-37(32)38)39-7-3-14-48-54(39)63-30-59-48/h1-30H. The Morgan fingerprint density at radius 1 is 0.375 bits per heavy atom. The maximum absolute atomic E-state index is 6.15. The summed E-state index contributed by atoms with van der Waals surface area (Å²) in [7, 11) is 0. The molecule has 298 valence electrons. The Kier molecular flexibility index (Phi) is 7.63.